The van der Waals surface area contributed by atoms with Crippen molar-refractivity contribution in [3.63, 3.8) is 0 Å². The smallest absolute Gasteiger partial charge is 0.318 e. The van der Waals surface area contributed by atoms with E-state index < -0.39 is 0 Å². The average Bonchev–Trinajstić information content (AvgIpc) is 3.27. The monoisotopic (exact) mass is 368 g/mol. The number of amides is 2. The molecule has 1 aliphatic carbocycles. The van der Waals surface area contributed by atoms with Crippen molar-refractivity contribution in [1.82, 2.24) is 20.0 Å². The van der Waals surface area contributed by atoms with Gasteiger partial charge < -0.3 is 15.0 Å². The third kappa shape index (κ3) is 3.72. The number of nitrogens with one attached hydrogen (secondary N) is 1. The molecule has 1 saturated carbocycles. The van der Waals surface area contributed by atoms with Gasteiger partial charge in [-0.25, -0.2) is 4.79 Å². The van der Waals surface area contributed by atoms with Crippen LogP contribution in [0.2, 0.25) is 0 Å². The Kier molecular flexibility index (Phi) is 4.91. The van der Waals surface area contributed by atoms with E-state index >= 15 is 0 Å². The topological polar surface area (TPSA) is 59.4 Å². The molecule has 1 aliphatic heterocycles. The highest BCUT2D eigenvalue weighted by Crippen LogP contribution is 2.49. The van der Waals surface area contributed by atoms with Crippen molar-refractivity contribution in [3.05, 3.63) is 53.9 Å². The molecule has 1 N–H and O–H groups in total. The van der Waals surface area contributed by atoms with Crippen molar-refractivity contribution >= 4 is 6.03 Å². The normalized spacial score (nSPS) is 25.4. The third-order valence-corrected chi connectivity index (χ3v) is 5.91. The lowest BCUT2D eigenvalue weighted by Gasteiger charge is -2.44. The molecule has 1 spiro atoms. The first kappa shape index (κ1) is 18.0. The fourth-order valence-corrected chi connectivity index (χ4v) is 4.51. The molecule has 27 heavy (non-hydrogen) atoms. The van der Waals surface area contributed by atoms with Gasteiger partial charge in [-0.15, -0.1) is 0 Å². The highest BCUT2D eigenvalue weighted by Gasteiger charge is 2.50. The molecule has 6 heteroatoms. The summed E-state index contributed by atoms with van der Waals surface area (Å²) in [6, 6.07) is 9.88. The Morgan fingerprint density at radius 3 is 2.78 bits per heavy atom. The van der Waals surface area contributed by atoms with E-state index in [9.17, 15) is 4.79 Å². The van der Waals surface area contributed by atoms with E-state index in [4.69, 9.17) is 4.74 Å². The third-order valence-electron chi connectivity index (χ3n) is 5.91. The van der Waals surface area contributed by atoms with Crippen LogP contribution in [0.1, 0.15) is 43.4 Å². The number of ether oxygens (including phenoxy) is 1. The highest BCUT2D eigenvalue weighted by atomic mass is 16.5. The minimum atomic E-state index is -0.193. The quantitative estimate of drug-likeness (QED) is 0.882. The van der Waals surface area contributed by atoms with Gasteiger partial charge in [-0.2, -0.15) is 5.10 Å². The summed E-state index contributed by atoms with van der Waals surface area (Å²) in [6.07, 6.45) is 7.40. The van der Waals surface area contributed by atoms with E-state index in [2.05, 4.69) is 10.4 Å². The summed E-state index contributed by atoms with van der Waals surface area (Å²) in [5.74, 6) is 0. The SMILES string of the molecule is CCOC1CC2(CCN(C(=O)NC(c3ccccc3)c3cnn(C)c3)C2)C1. The number of urea groups is 1. The van der Waals surface area contributed by atoms with Crippen LogP contribution >= 0.6 is 0 Å². The molecule has 2 heterocycles. The molecule has 2 aromatic rings. The fourth-order valence-electron chi connectivity index (χ4n) is 4.51. The second-order valence-electron chi connectivity index (χ2n) is 7.90. The van der Waals surface area contributed by atoms with Crippen LogP contribution in [0.15, 0.2) is 42.7 Å². The lowest BCUT2D eigenvalue weighted by Crippen LogP contribution is -2.47. The second-order valence-corrected chi connectivity index (χ2v) is 7.90. The molecule has 144 valence electrons. The molecule has 1 aromatic heterocycles. The molecule has 4 rings (SSSR count). The molecular weight excluding hydrogens is 340 g/mol. The van der Waals surface area contributed by atoms with Crippen molar-refractivity contribution in [1.29, 1.82) is 0 Å². The number of likely N-dealkylation sites (tertiary alicyclic amines) is 1. The van der Waals surface area contributed by atoms with Gasteiger partial charge in [0.25, 0.3) is 0 Å². The van der Waals surface area contributed by atoms with Crippen LogP contribution in [0.25, 0.3) is 0 Å². The summed E-state index contributed by atoms with van der Waals surface area (Å²) in [5, 5.41) is 7.51. The van der Waals surface area contributed by atoms with Gasteiger partial charge in [-0.05, 0) is 37.2 Å². The van der Waals surface area contributed by atoms with E-state index in [1.165, 1.54) is 0 Å². The maximum Gasteiger partial charge on any atom is 0.318 e. The molecule has 1 saturated heterocycles. The van der Waals surface area contributed by atoms with Gasteiger partial charge in [0.15, 0.2) is 0 Å². The van der Waals surface area contributed by atoms with E-state index in [0.29, 0.717) is 6.10 Å². The maximum absolute atomic E-state index is 13.0. The zero-order valence-corrected chi connectivity index (χ0v) is 16.1. The Morgan fingerprint density at radius 2 is 2.11 bits per heavy atom. The first-order chi connectivity index (χ1) is 13.1. The van der Waals surface area contributed by atoms with Crippen LogP contribution < -0.4 is 5.32 Å². The van der Waals surface area contributed by atoms with Gasteiger partial charge >= 0.3 is 6.03 Å². The van der Waals surface area contributed by atoms with Gasteiger partial charge in [0.05, 0.1) is 18.3 Å². The molecule has 0 bridgehead atoms. The molecule has 0 radical (unpaired) electrons. The van der Waals surface area contributed by atoms with Gasteiger partial charge in [0.2, 0.25) is 0 Å². The summed E-state index contributed by atoms with van der Waals surface area (Å²) < 4.78 is 7.48. The van der Waals surface area contributed by atoms with Gasteiger partial charge in [0, 0.05) is 38.5 Å². The molecule has 1 aromatic carbocycles. The summed E-state index contributed by atoms with van der Waals surface area (Å²) >= 11 is 0. The molecular formula is C21H28N4O2. The van der Waals surface area contributed by atoms with Crippen LogP contribution in [0.4, 0.5) is 4.79 Å². The zero-order chi connectivity index (χ0) is 18.9. The van der Waals surface area contributed by atoms with Crippen molar-refractivity contribution in [2.75, 3.05) is 19.7 Å². The number of benzene rings is 1. The van der Waals surface area contributed by atoms with E-state index in [0.717, 1.165) is 50.1 Å². The van der Waals surface area contributed by atoms with E-state index in [-0.39, 0.29) is 17.5 Å². The van der Waals surface area contributed by atoms with Gasteiger partial charge in [0.1, 0.15) is 0 Å². The maximum atomic E-state index is 13.0. The highest BCUT2D eigenvalue weighted by molar-refractivity contribution is 5.75. The van der Waals surface area contributed by atoms with Crippen molar-refractivity contribution in [2.24, 2.45) is 12.5 Å². The Bertz CT molecular complexity index is 782. The first-order valence-electron chi connectivity index (χ1n) is 9.79. The summed E-state index contributed by atoms with van der Waals surface area (Å²) in [5.41, 5.74) is 2.33. The largest absolute Gasteiger partial charge is 0.378 e. The molecule has 2 aliphatic rings. The number of rotatable bonds is 5. The van der Waals surface area contributed by atoms with Crippen LogP contribution in [-0.2, 0) is 11.8 Å². The Morgan fingerprint density at radius 1 is 1.33 bits per heavy atom. The molecule has 1 unspecified atom stereocenters. The first-order valence-corrected chi connectivity index (χ1v) is 9.79. The predicted octanol–water partition coefficient (Wildman–Crippen LogP) is 3.11. The number of nitrogens with zero attached hydrogens (tertiary/aromatic N) is 3. The van der Waals surface area contributed by atoms with E-state index in [1.807, 2.05) is 61.6 Å². The second kappa shape index (κ2) is 7.35. The van der Waals surface area contributed by atoms with Crippen LogP contribution in [0.5, 0.6) is 0 Å². The number of hydrogen-bond donors (Lipinski definition) is 1. The predicted molar refractivity (Wildman–Crippen MR) is 103 cm³/mol. The summed E-state index contributed by atoms with van der Waals surface area (Å²) in [7, 11) is 1.89. The lowest BCUT2D eigenvalue weighted by atomic mass is 9.66. The number of carbonyl (C=O) groups is 1. The number of aryl methyl sites for hydroxylation is 1. The minimum Gasteiger partial charge on any atom is -0.378 e. The average molecular weight is 368 g/mol. The number of carbonyl (C=O) groups excluding carboxylic acids is 1. The van der Waals surface area contributed by atoms with Crippen LogP contribution in [0, 0.1) is 5.41 Å². The Balaban J connectivity index is 1.44. The van der Waals surface area contributed by atoms with Crippen LogP contribution in [0.3, 0.4) is 0 Å². The fraction of sp³-hybridized carbons (Fsp3) is 0.524. The minimum absolute atomic E-state index is 0.00411. The molecule has 2 amide bonds. The van der Waals surface area contributed by atoms with Crippen molar-refractivity contribution in [3.8, 4) is 0 Å². The summed E-state index contributed by atoms with van der Waals surface area (Å²) in [6.45, 7) is 4.46. The van der Waals surface area contributed by atoms with Crippen molar-refractivity contribution < 1.29 is 9.53 Å². The number of hydrogen-bond acceptors (Lipinski definition) is 3. The van der Waals surface area contributed by atoms with Gasteiger partial charge in [-0.1, -0.05) is 30.3 Å². The zero-order valence-electron chi connectivity index (χ0n) is 16.1. The van der Waals surface area contributed by atoms with E-state index in [1.54, 1.807) is 4.68 Å². The number of aromatic nitrogens is 2. The molecule has 1 atom stereocenters. The summed E-state index contributed by atoms with van der Waals surface area (Å²) in [4.78, 5) is 15.0. The van der Waals surface area contributed by atoms with Crippen LogP contribution in [-0.4, -0.2) is 46.5 Å². The Hall–Kier alpha value is -2.34. The van der Waals surface area contributed by atoms with Gasteiger partial charge in [-0.3, -0.25) is 4.68 Å². The standard InChI is InChI=1S/C21H28N4O2/c1-3-27-18-11-21(12-18)9-10-25(15-21)20(26)23-19(16-7-5-4-6-8-16)17-13-22-24(2)14-17/h4-8,13-14,18-19H,3,9-12,15H2,1-2H3,(H,23,26). The molecule has 2 fully saturated rings. The Labute approximate surface area is 160 Å². The van der Waals surface area contributed by atoms with Crippen molar-refractivity contribution in [2.45, 2.75) is 38.3 Å². The molecule has 6 nitrogen and oxygen atoms in total. The lowest BCUT2D eigenvalue weighted by molar-refractivity contribution is -0.0704.